The van der Waals surface area contributed by atoms with Crippen LogP contribution in [0.25, 0.3) is 0 Å². The fourth-order valence-electron chi connectivity index (χ4n) is 0.960. The maximum atomic E-state index is 5.25. The van der Waals surface area contributed by atoms with Gasteiger partial charge in [-0.15, -0.1) is 10.2 Å². The Bertz CT molecular complexity index is 192. The van der Waals surface area contributed by atoms with Gasteiger partial charge in [0.25, 0.3) is 0 Å². The third kappa shape index (κ3) is 0.903. The van der Waals surface area contributed by atoms with Crippen LogP contribution in [0.5, 0.6) is 0 Å². The highest BCUT2D eigenvalue weighted by Crippen LogP contribution is 2.24. The van der Waals surface area contributed by atoms with Crippen LogP contribution in [-0.2, 0) is 4.74 Å². The molecule has 2 rings (SSSR count). The summed E-state index contributed by atoms with van der Waals surface area (Å²) in [4.78, 5) is 0. The molecule has 0 N–H and O–H groups in total. The molecule has 0 aliphatic carbocycles. The smallest absolute Gasteiger partial charge is 0.245 e. The molecule has 1 aliphatic heterocycles. The van der Waals surface area contributed by atoms with E-state index in [1.165, 1.54) is 6.39 Å². The van der Waals surface area contributed by atoms with E-state index in [9.17, 15) is 0 Å². The van der Waals surface area contributed by atoms with E-state index in [2.05, 4.69) is 10.2 Å². The van der Waals surface area contributed by atoms with Crippen molar-refractivity contribution >= 4 is 0 Å². The van der Waals surface area contributed by atoms with Gasteiger partial charge in [0.2, 0.25) is 12.3 Å². The van der Waals surface area contributed by atoms with E-state index >= 15 is 0 Å². The van der Waals surface area contributed by atoms with Crippen molar-refractivity contribution in [3.8, 4) is 0 Å². The fraction of sp³-hybridized carbons (Fsp3) is 0.500. The number of rotatable bonds is 1. The zero-order chi connectivity index (χ0) is 6.81. The summed E-state index contributed by atoms with van der Waals surface area (Å²) in [5.74, 6) is 0.553. The van der Waals surface area contributed by atoms with Gasteiger partial charge in [0.05, 0.1) is 0 Å². The molecule has 53 valence electrons. The van der Waals surface area contributed by atoms with Gasteiger partial charge < -0.3 is 9.15 Å². The second kappa shape index (κ2) is 2.38. The highest BCUT2D eigenvalue weighted by atomic mass is 16.5. The maximum Gasteiger partial charge on any atom is 0.245 e. The van der Waals surface area contributed by atoms with Crippen molar-refractivity contribution in [3.05, 3.63) is 18.7 Å². The molecule has 10 heavy (non-hydrogen) atoms. The highest BCUT2D eigenvalue weighted by molar-refractivity contribution is 4.94. The lowest BCUT2D eigenvalue weighted by Gasteiger charge is -1.99. The lowest BCUT2D eigenvalue weighted by molar-refractivity contribution is 0.102. The van der Waals surface area contributed by atoms with Crippen LogP contribution in [0.15, 0.2) is 10.8 Å². The summed E-state index contributed by atoms with van der Waals surface area (Å²) < 4.78 is 10.2. The Morgan fingerprint density at radius 2 is 2.60 bits per heavy atom. The highest BCUT2D eigenvalue weighted by Gasteiger charge is 2.21. The summed E-state index contributed by atoms with van der Waals surface area (Å²) in [7, 11) is 0. The fourth-order valence-corrected chi connectivity index (χ4v) is 0.960. The first-order valence-corrected chi connectivity index (χ1v) is 3.18. The van der Waals surface area contributed by atoms with Crippen molar-refractivity contribution in [2.24, 2.45) is 0 Å². The summed E-state index contributed by atoms with van der Waals surface area (Å²) in [6.45, 7) is 0.757. The number of ether oxygens (including phenoxy) is 1. The van der Waals surface area contributed by atoms with Crippen molar-refractivity contribution in [1.82, 2.24) is 10.2 Å². The summed E-state index contributed by atoms with van der Waals surface area (Å²) in [6, 6.07) is 0. The molecule has 4 nitrogen and oxygen atoms in total. The molecule has 1 aromatic heterocycles. The van der Waals surface area contributed by atoms with Gasteiger partial charge in [-0.25, -0.2) is 0 Å². The molecule has 1 fully saturated rings. The summed E-state index contributed by atoms with van der Waals surface area (Å²) in [6.07, 6.45) is 4.23. The zero-order valence-corrected chi connectivity index (χ0v) is 5.36. The molecule has 4 heteroatoms. The third-order valence-electron chi connectivity index (χ3n) is 1.42. The van der Waals surface area contributed by atoms with E-state index in [-0.39, 0.29) is 6.10 Å². The molecular weight excluding hydrogens is 132 g/mol. The number of hydrogen-bond acceptors (Lipinski definition) is 4. The molecule has 0 saturated carbocycles. The van der Waals surface area contributed by atoms with Crippen LogP contribution in [0.2, 0.25) is 0 Å². The van der Waals surface area contributed by atoms with Gasteiger partial charge in [-0.3, -0.25) is 0 Å². The van der Waals surface area contributed by atoms with E-state index in [0.717, 1.165) is 13.0 Å². The van der Waals surface area contributed by atoms with Crippen LogP contribution >= 0.6 is 0 Å². The SMILES string of the molecule is [CH]1CCOC1c1nnco1. The van der Waals surface area contributed by atoms with E-state index in [1.807, 2.05) is 6.42 Å². The minimum atomic E-state index is -0.0671. The molecule has 1 aromatic rings. The average molecular weight is 139 g/mol. The molecule has 1 saturated heterocycles. The Balaban J connectivity index is 2.12. The summed E-state index contributed by atoms with van der Waals surface area (Å²) >= 11 is 0. The minimum absolute atomic E-state index is 0.0671. The molecule has 1 unspecified atom stereocenters. The van der Waals surface area contributed by atoms with Gasteiger partial charge in [-0.05, 0) is 6.42 Å². The summed E-state index contributed by atoms with van der Waals surface area (Å²) in [5.41, 5.74) is 0. The van der Waals surface area contributed by atoms with E-state index in [1.54, 1.807) is 0 Å². The Morgan fingerprint density at radius 3 is 3.20 bits per heavy atom. The molecule has 0 aromatic carbocycles. The second-order valence-electron chi connectivity index (χ2n) is 2.09. The van der Waals surface area contributed by atoms with Crippen molar-refractivity contribution in [2.75, 3.05) is 6.61 Å². The molecule has 1 atom stereocenters. The predicted octanol–water partition coefficient (Wildman–Crippen LogP) is 0.735. The van der Waals surface area contributed by atoms with Crippen LogP contribution in [-0.4, -0.2) is 16.8 Å². The van der Waals surface area contributed by atoms with Crippen LogP contribution in [0.1, 0.15) is 18.4 Å². The predicted molar refractivity (Wildman–Crippen MR) is 31.9 cm³/mol. The maximum absolute atomic E-state index is 5.25. The Labute approximate surface area is 58.2 Å². The standard InChI is InChI=1S/C6H7N2O2/c1-2-5(9-3-1)6-8-7-4-10-6/h2,4-5H,1,3H2. The molecule has 1 aliphatic rings. The largest absolute Gasteiger partial charge is 0.425 e. The van der Waals surface area contributed by atoms with Gasteiger partial charge in [0.1, 0.15) is 6.10 Å². The lowest BCUT2D eigenvalue weighted by atomic mass is 10.2. The monoisotopic (exact) mass is 139 g/mol. The van der Waals surface area contributed by atoms with Crippen LogP contribution in [0.4, 0.5) is 0 Å². The first-order chi connectivity index (χ1) is 4.97. The quantitative estimate of drug-likeness (QED) is 0.575. The minimum Gasteiger partial charge on any atom is -0.425 e. The van der Waals surface area contributed by atoms with Crippen molar-refractivity contribution in [2.45, 2.75) is 12.5 Å². The van der Waals surface area contributed by atoms with Crippen molar-refractivity contribution in [3.63, 3.8) is 0 Å². The van der Waals surface area contributed by atoms with Gasteiger partial charge >= 0.3 is 0 Å². The Kier molecular flexibility index (Phi) is 1.39. The van der Waals surface area contributed by atoms with Crippen LogP contribution in [0.3, 0.4) is 0 Å². The van der Waals surface area contributed by atoms with Crippen LogP contribution < -0.4 is 0 Å². The molecule has 0 bridgehead atoms. The first-order valence-electron chi connectivity index (χ1n) is 3.18. The zero-order valence-electron chi connectivity index (χ0n) is 5.36. The Morgan fingerprint density at radius 1 is 1.60 bits per heavy atom. The molecule has 2 heterocycles. The van der Waals surface area contributed by atoms with Gasteiger partial charge in [-0.2, -0.15) is 0 Å². The second-order valence-corrected chi connectivity index (χ2v) is 2.09. The topological polar surface area (TPSA) is 48.2 Å². The van der Waals surface area contributed by atoms with Gasteiger partial charge in [0.15, 0.2) is 0 Å². The normalized spacial score (nSPS) is 25.4. The molecular formula is C6H7N2O2. The summed E-state index contributed by atoms with van der Waals surface area (Å²) in [5, 5.41) is 7.28. The van der Waals surface area contributed by atoms with Crippen molar-refractivity contribution < 1.29 is 9.15 Å². The Hall–Kier alpha value is -0.900. The van der Waals surface area contributed by atoms with E-state index < -0.39 is 0 Å². The van der Waals surface area contributed by atoms with E-state index in [0.29, 0.717) is 5.89 Å². The molecule has 0 amide bonds. The number of nitrogens with zero attached hydrogens (tertiary/aromatic N) is 2. The average Bonchev–Trinajstić information content (AvgIpc) is 2.59. The lowest BCUT2D eigenvalue weighted by Crippen LogP contribution is -1.95. The van der Waals surface area contributed by atoms with E-state index in [4.69, 9.17) is 9.15 Å². The van der Waals surface area contributed by atoms with Crippen LogP contribution in [0, 0.1) is 6.42 Å². The third-order valence-corrected chi connectivity index (χ3v) is 1.42. The van der Waals surface area contributed by atoms with Gasteiger partial charge in [0, 0.05) is 13.0 Å². The number of hydrogen-bond donors (Lipinski definition) is 0. The van der Waals surface area contributed by atoms with Gasteiger partial charge in [-0.1, -0.05) is 0 Å². The molecule has 0 spiro atoms. The molecule has 1 radical (unpaired) electrons. The first kappa shape index (κ1) is 5.85. The van der Waals surface area contributed by atoms with Crippen molar-refractivity contribution in [1.29, 1.82) is 0 Å². The number of aromatic nitrogens is 2.